The van der Waals surface area contributed by atoms with Crippen molar-refractivity contribution in [3.63, 3.8) is 0 Å². The standard InChI is InChI=1S/C21H44NO6P/c1-6-7-8-9-10-11-12-13-14-15-16-21(19-26-20(2)23)28-29(24,25)27-18-17-22(3,4)5/h21H,6-19H2,1-5H3/p+1. The zero-order valence-electron chi connectivity index (χ0n) is 19.4. The van der Waals surface area contributed by atoms with Crippen molar-refractivity contribution in [3.8, 4) is 0 Å². The summed E-state index contributed by atoms with van der Waals surface area (Å²) in [6, 6.07) is 0. The van der Waals surface area contributed by atoms with Gasteiger partial charge in [0.2, 0.25) is 0 Å². The van der Waals surface area contributed by atoms with Gasteiger partial charge >= 0.3 is 13.8 Å². The third-order valence-electron chi connectivity index (χ3n) is 4.65. The van der Waals surface area contributed by atoms with Crippen molar-refractivity contribution in [2.45, 2.75) is 90.6 Å². The van der Waals surface area contributed by atoms with Crippen molar-refractivity contribution in [1.29, 1.82) is 0 Å². The number of nitrogens with zero attached hydrogens (tertiary/aromatic N) is 1. The molecule has 8 heteroatoms. The van der Waals surface area contributed by atoms with E-state index in [1.807, 2.05) is 21.1 Å². The third kappa shape index (κ3) is 20.6. The van der Waals surface area contributed by atoms with Crippen LogP contribution in [0.5, 0.6) is 0 Å². The second kappa shape index (κ2) is 16.3. The van der Waals surface area contributed by atoms with E-state index in [0.29, 0.717) is 17.4 Å². The van der Waals surface area contributed by atoms with Crippen LogP contribution in [0, 0.1) is 0 Å². The normalized spacial score (nSPS) is 15.1. The lowest BCUT2D eigenvalue weighted by Crippen LogP contribution is -2.37. The molecule has 0 amide bonds. The van der Waals surface area contributed by atoms with E-state index >= 15 is 0 Å². The van der Waals surface area contributed by atoms with Crippen LogP contribution in [0.3, 0.4) is 0 Å². The molecular formula is C21H45NO6P+. The van der Waals surface area contributed by atoms with Gasteiger partial charge in [-0.25, -0.2) is 4.57 Å². The Balaban J connectivity index is 4.15. The number of esters is 1. The molecule has 0 rings (SSSR count). The van der Waals surface area contributed by atoms with Gasteiger partial charge in [-0.15, -0.1) is 0 Å². The highest BCUT2D eigenvalue weighted by Gasteiger charge is 2.28. The highest BCUT2D eigenvalue weighted by Crippen LogP contribution is 2.45. The summed E-state index contributed by atoms with van der Waals surface area (Å²) in [4.78, 5) is 21.1. The molecule has 1 N–H and O–H groups in total. The van der Waals surface area contributed by atoms with Gasteiger partial charge in [-0.2, -0.15) is 0 Å². The minimum atomic E-state index is -4.18. The van der Waals surface area contributed by atoms with E-state index in [1.165, 1.54) is 51.9 Å². The zero-order valence-corrected chi connectivity index (χ0v) is 20.3. The van der Waals surface area contributed by atoms with E-state index < -0.39 is 19.9 Å². The van der Waals surface area contributed by atoms with Gasteiger partial charge in [0.05, 0.1) is 21.1 Å². The SMILES string of the molecule is CCCCCCCCCCCCC(COC(C)=O)OP(=O)(O)OCC[N+](C)(C)C. The molecule has 7 nitrogen and oxygen atoms in total. The van der Waals surface area contributed by atoms with Crippen LogP contribution in [0.2, 0.25) is 0 Å². The van der Waals surface area contributed by atoms with Crippen LogP contribution in [0.4, 0.5) is 0 Å². The van der Waals surface area contributed by atoms with Crippen molar-refractivity contribution < 1.29 is 32.5 Å². The molecule has 2 unspecified atom stereocenters. The van der Waals surface area contributed by atoms with Gasteiger partial charge in [0.1, 0.15) is 25.9 Å². The fourth-order valence-corrected chi connectivity index (χ4v) is 3.80. The Bertz CT molecular complexity index is 467. The molecule has 0 heterocycles. The number of phosphoric acid groups is 1. The summed E-state index contributed by atoms with van der Waals surface area (Å²) in [7, 11) is 1.74. The van der Waals surface area contributed by atoms with Crippen LogP contribution < -0.4 is 0 Å². The number of rotatable bonds is 19. The minimum Gasteiger partial charge on any atom is -0.463 e. The number of ether oxygens (including phenoxy) is 1. The molecule has 0 spiro atoms. The number of phosphoric ester groups is 1. The van der Waals surface area contributed by atoms with Gasteiger partial charge in [0.15, 0.2) is 0 Å². The monoisotopic (exact) mass is 438 g/mol. The van der Waals surface area contributed by atoms with Crippen LogP contribution in [0.15, 0.2) is 0 Å². The Labute approximate surface area is 178 Å². The Morgan fingerprint density at radius 3 is 1.97 bits per heavy atom. The van der Waals surface area contributed by atoms with E-state index in [2.05, 4.69) is 6.92 Å². The zero-order chi connectivity index (χ0) is 22.2. The molecule has 0 radical (unpaired) electrons. The second-order valence-electron chi connectivity index (χ2n) is 8.82. The Hall–Kier alpha value is -0.460. The summed E-state index contributed by atoms with van der Waals surface area (Å²) >= 11 is 0. The van der Waals surface area contributed by atoms with Crippen LogP contribution >= 0.6 is 7.82 Å². The first-order valence-electron chi connectivity index (χ1n) is 11.2. The molecular weight excluding hydrogens is 393 g/mol. The largest absolute Gasteiger partial charge is 0.472 e. The van der Waals surface area contributed by atoms with Crippen molar-refractivity contribution in [1.82, 2.24) is 0 Å². The lowest BCUT2D eigenvalue weighted by Gasteiger charge is -2.25. The van der Waals surface area contributed by atoms with Crippen LogP contribution in [0.1, 0.15) is 84.5 Å². The van der Waals surface area contributed by atoms with Gasteiger partial charge in [-0.05, 0) is 6.42 Å². The third-order valence-corrected chi connectivity index (χ3v) is 5.72. The van der Waals surface area contributed by atoms with Gasteiger partial charge in [0, 0.05) is 6.92 Å². The van der Waals surface area contributed by atoms with Gasteiger partial charge in [-0.1, -0.05) is 71.1 Å². The minimum absolute atomic E-state index is 0.0317. The lowest BCUT2D eigenvalue weighted by molar-refractivity contribution is -0.870. The average Bonchev–Trinajstić information content (AvgIpc) is 2.59. The van der Waals surface area contributed by atoms with E-state index in [9.17, 15) is 14.3 Å². The molecule has 0 bridgehead atoms. The number of hydrogen-bond donors (Lipinski definition) is 1. The topological polar surface area (TPSA) is 82.1 Å². The molecule has 0 aliphatic rings. The molecule has 0 aliphatic heterocycles. The second-order valence-corrected chi connectivity index (χ2v) is 10.2. The van der Waals surface area contributed by atoms with Crippen molar-refractivity contribution in [3.05, 3.63) is 0 Å². The maximum absolute atomic E-state index is 12.2. The van der Waals surface area contributed by atoms with Crippen molar-refractivity contribution in [2.24, 2.45) is 0 Å². The number of carbonyl (C=O) groups excluding carboxylic acids is 1. The van der Waals surface area contributed by atoms with Crippen LogP contribution in [-0.2, 0) is 23.1 Å². The summed E-state index contributed by atoms with van der Waals surface area (Å²) < 4.78 is 28.2. The number of unbranched alkanes of at least 4 members (excludes halogenated alkanes) is 9. The lowest BCUT2D eigenvalue weighted by atomic mass is 10.0. The molecule has 0 aliphatic carbocycles. The maximum Gasteiger partial charge on any atom is 0.472 e. The molecule has 0 aromatic carbocycles. The maximum atomic E-state index is 12.2. The van der Waals surface area contributed by atoms with E-state index in [4.69, 9.17) is 13.8 Å². The van der Waals surface area contributed by atoms with E-state index in [1.54, 1.807) is 0 Å². The molecule has 29 heavy (non-hydrogen) atoms. The molecule has 0 fully saturated rings. The summed E-state index contributed by atoms with van der Waals surface area (Å²) in [5.74, 6) is -0.430. The molecule has 0 aromatic rings. The molecule has 174 valence electrons. The predicted octanol–water partition coefficient (Wildman–Crippen LogP) is 5.07. The first kappa shape index (κ1) is 28.5. The fourth-order valence-electron chi connectivity index (χ4n) is 2.89. The molecule has 2 atom stereocenters. The van der Waals surface area contributed by atoms with Crippen molar-refractivity contribution >= 4 is 13.8 Å². The number of hydrogen-bond acceptors (Lipinski definition) is 5. The van der Waals surface area contributed by atoms with Crippen LogP contribution in [-0.4, -0.2) is 62.4 Å². The Kier molecular flexibility index (Phi) is 16.0. The summed E-state index contributed by atoms with van der Waals surface area (Å²) in [5, 5.41) is 0. The van der Waals surface area contributed by atoms with Crippen molar-refractivity contribution in [2.75, 3.05) is 40.9 Å². The number of carbonyl (C=O) groups is 1. The molecule has 0 saturated carbocycles. The summed E-state index contributed by atoms with van der Waals surface area (Å²) in [6.45, 7) is 4.21. The fraction of sp³-hybridized carbons (Fsp3) is 0.952. The predicted molar refractivity (Wildman–Crippen MR) is 117 cm³/mol. The number of likely N-dealkylation sites (N-methyl/N-ethyl adjacent to an activating group) is 1. The van der Waals surface area contributed by atoms with Gasteiger partial charge < -0.3 is 14.1 Å². The first-order chi connectivity index (χ1) is 13.6. The Morgan fingerprint density at radius 2 is 1.48 bits per heavy atom. The molecule has 0 aromatic heterocycles. The van der Waals surface area contributed by atoms with Gasteiger partial charge in [0.25, 0.3) is 0 Å². The molecule has 0 saturated heterocycles. The summed E-state index contributed by atoms with van der Waals surface area (Å²) in [6.07, 6.45) is 12.0. The summed E-state index contributed by atoms with van der Waals surface area (Å²) in [5.41, 5.74) is 0. The highest BCUT2D eigenvalue weighted by molar-refractivity contribution is 7.47. The first-order valence-corrected chi connectivity index (χ1v) is 12.6. The van der Waals surface area contributed by atoms with Gasteiger partial charge in [-0.3, -0.25) is 13.8 Å². The highest BCUT2D eigenvalue weighted by atomic mass is 31.2. The quantitative estimate of drug-likeness (QED) is 0.131. The average molecular weight is 439 g/mol. The number of quaternary nitrogens is 1. The van der Waals surface area contributed by atoms with E-state index in [-0.39, 0.29) is 13.2 Å². The van der Waals surface area contributed by atoms with Crippen LogP contribution in [0.25, 0.3) is 0 Å². The smallest absolute Gasteiger partial charge is 0.463 e. The Morgan fingerprint density at radius 1 is 0.966 bits per heavy atom. The van der Waals surface area contributed by atoms with E-state index in [0.717, 1.165) is 19.3 Å².